The largest absolute Gasteiger partial charge is 0.378 e. The van der Waals surface area contributed by atoms with E-state index in [2.05, 4.69) is 54.8 Å². The number of anilines is 2. The van der Waals surface area contributed by atoms with Gasteiger partial charge in [0.15, 0.2) is 11.5 Å². The van der Waals surface area contributed by atoms with Crippen molar-refractivity contribution < 1.29 is 4.74 Å². The van der Waals surface area contributed by atoms with Crippen molar-refractivity contribution in [2.75, 3.05) is 36.9 Å². The lowest BCUT2D eigenvalue weighted by Crippen LogP contribution is -2.35. The molecular formula is C22H29N7O. The van der Waals surface area contributed by atoms with Gasteiger partial charge in [0.05, 0.1) is 19.5 Å². The van der Waals surface area contributed by atoms with Gasteiger partial charge < -0.3 is 25.3 Å². The SMILES string of the molecule is C1=CC(Nc2nc(NC3CCCCC3)c3[nH]cnc3n2)=CC=C(N2CCOCC2)C1. The van der Waals surface area contributed by atoms with Gasteiger partial charge in [0, 0.05) is 36.9 Å². The predicted molar refractivity (Wildman–Crippen MR) is 118 cm³/mol. The Bertz CT molecular complexity index is 965. The van der Waals surface area contributed by atoms with E-state index in [1.54, 1.807) is 6.33 Å². The number of fused-ring (bicyclic) bond motifs is 1. The highest BCUT2D eigenvalue weighted by molar-refractivity contribution is 5.84. The topological polar surface area (TPSA) is 91.0 Å². The van der Waals surface area contributed by atoms with Crippen LogP contribution >= 0.6 is 0 Å². The number of morpholine rings is 1. The minimum atomic E-state index is 0.462. The van der Waals surface area contributed by atoms with E-state index in [0.717, 1.165) is 49.8 Å². The number of nitrogens with zero attached hydrogens (tertiary/aromatic N) is 4. The maximum atomic E-state index is 5.47. The average Bonchev–Trinajstić information content (AvgIpc) is 3.14. The monoisotopic (exact) mass is 407 g/mol. The number of hydrogen-bond donors (Lipinski definition) is 3. The molecule has 2 aliphatic carbocycles. The number of nitrogens with one attached hydrogen (secondary N) is 3. The second kappa shape index (κ2) is 8.87. The maximum absolute atomic E-state index is 5.47. The molecule has 3 aliphatic rings. The smallest absolute Gasteiger partial charge is 0.231 e. The molecule has 30 heavy (non-hydrogen) atoms. The summed E-state index contributed by atoms with van der Waals surface area (Å²) in [5.74, 6) is 1.39. The first kappa shape index (κ1) is 19.1. The second-order valence-electron chi connectivity index (χ2n) is 8.09. The van der Waals surface area contributed by atoms with Crippen LogP contribution in [0.3, 0.4) is 0 Å². The van der Waals surface area contributed by atoms with E-state index >= 15 is 0 Å². The molecule has 5 rings (SSSR count). The molecule has 158 valence electrons. The molecular weight excluding hydrogens is 378 g/mol. The van der Waals surface area contributed by atoms with Gasteiger partial charge in [-0.25, -0.2) is 4.98 Å². The summed E-state index contributed by atoms with van der Waals surface area (Å²) in [5.41, 5.74) is 3.83. The number of ether oxygens (including phenoxy) is 1. The van der Waals surface area contributed by atoms with E-state index in [9.17, 15) is 0 Å². The van der Waals surface area contributed by atoms with E-state index in [4.69, 9.17) is 9.72 Å². The maximum Gasteiger partial charge on any atom is 0.231 e. The van der Waals surface area contributed by atoms with Gasteiger partial charge in [0.1, 0.15) is 5.52 Å². The lowest BCUT2D eigenvalue weighted by molar-refractivity contribution is 0.0528. The molecule has 0 unspecified atom stereocenters. The zero-order chi connectivity index (χ0) is 20.2. The van der Waals surface area contributed by atoms with Crippen LogP contribution in [0.2, 0.25) is 0 Å². The van der Waals surface area contributed by atoms with Crippen molar-refractivity contribution in [2.24, 2.45) is 0 Å². The molecule has 1 saturated heterocycles. The molecule has 3 heterocycles. The average molecular weight is 408 g/mol. The first-order valence-electron chi connectivity index (χ1n) is 11.0. The molecule has 2 aromatic rings. The van der Waals surface area contributed by atoms with E-state index in [1.807, 2.05) is 0 Å². The Morgan fingerprint density at radius 2 is 1.93 bits per heavy atom. The molecule has 1 aliphatic heterocycles. The van der Waals surface area contributed by atoms with Gasteiger partial charge in [-0.15, -0.1) is 0 Å². The molecule has 2 fully saturated rings. The van der Waals surface area contributed by atoms with Crippen LogP contribution in [0.4, 0.5) is 11.8 Å². The Balaban J connectivity index is 1.35. The molecule has 0 bridgehead atoms. The summed E-state index contributed by atoms with van der Waals surface area (Å²) in [7, 11) is 0. The van der Waals surface area contributed by atoms with Crippen LogP contribution in [0.5, 0.6) is 0 Å². The molecule has 1 saturated carbocycles. The summed E-state index contributed by atoms with van der Waals surface area (Å²) < 4.78 is 5.47. The first-order valence-corrected chi connectivity index (χ1v) is 11.0. The number of imidazole rings is 1. The van der Waals surface area contributed by atoms with Crippen LogP contribution in [-0.2, 0) is 4.74 Å². The third kappa shape index (κ3) is 4.33. The van der Waals surface area contributed by atoms with Gasteiger partial charge >= 0.3 is 0 Å². The first-order chi connectivity index (χ1) is 14.8. The van der Waals surface area contributed by atoms with E-state index in [-0.39, 0.29) is 0 Å². The van der Waals surface area contributed by atoms with Gasteiger partial charge in [0.2, 0.25) is 5.95 Å². The second-order valence-corrected chi connectivity index (χ2v) is 8.09. The summed E-state index contributed by atoms with van der Waals surface area (Å²) in [6.45, 7) is 3.49. The van der Waals surface area contributed by atoms with E-state index in [0.29, 0.717) is 17.6 Å². The highest BCUT2D eigenvalue weighted by Crippen LogP contribution is 2.25. The third-order valence-electron chi connectivity index (χ3n) is 5.98. The lowest BCUT2D eigenvalue weighted by atomic mass is 9.95. The lowest BCUT2D eigenvalue weighted by Gasteiger charge is -2.30. The quantitative estimate of drug-likeness (QED) is 0.698. The number of rotatable bonds is 5. The van der Waals surface area contributed by atoms with Gasteiger partial charge in [-0.1, -0.05) is 25.3 Å². The third-order valence-corrected chi connectivity index (χ3v) is 5.98. The van der Waals surface area contributed by atoms with E-state index < -0.39 is 0 Å². The number of allylic oxidation sites excluding steroid dienone is 4. The summed E-state index contributed by atoms with van der Waals surface area (Å²) in [5, 5.41) is 6.99. The van der Waals surface area contributed by atoms with Crippen LogP contribution in [0, 0.1) is 0 Å². The van der Waals surface area contributed by atoms with Crippen LogP contribution in [-0.4, -0.2) is 57.2 Å². The van der Waals surface area contributed by atoms with Crippen molar-refractivity contribution in [1.82, 2.24) is 24.8 Å². The zero-order valence-corrected chi connectivity index (χ0v) is 17.2. The summed E-state index contributed by atoms with van der Waals surface area (Å²) in [6, 6.07) is 0.462. The molecule has 0 atom stereocenters. The van der Waals surface area contributed by atoms with Crippen LogP contribution in [0.15, 0.2) is 42.0 Å². The van der Waals surface area contributed by atoms with Crippen LogP contribution in [0.25, 0.3) is 11.2 Å². The van der Waals surface area contributed by atoms with Crippen molar-refractivity contribution in [2.45, 2.75) is 44.6 Å². The number of hydrogen-bond acceptors (Lipinski definition) is 7. The van der Waals surface area contributed by atoms with Crippen LogP contribution < -0.4 is 10.6 Å². The normalized spacial score (nSPS) is 20.6. The van der Waals surface area contributed by atoms with Crippen LogP contribution in [0.1, 0.15) is 38.5 Å². The minimum absolute atomic E-state index is 0.462. The Morgan fingerprint density at radius 3 is 2.80 bits per heavy atom. The molecule has 3 N–H and O–H groups in total. The highest BCUT2D eigenvalue weighted by Gasteiger charge is 2.18. The fourth-order valence-electron chi connectivity index (χ4n) is 4.35. The van der Waals surface area contributed by atoms with Gasteiger partial charge in [-0.3, -0.25) is 0 Å². The Labute approximate surface area is 176 Å². The molecule has 0 aromatic carbocycles. The molecule has 0 spiro atoms. The Morgan fingerprint density at radius 1 is 1.07 bits per heavy atom. The van der Waals surface area contributed by atoms with Crippen molar-refractivity contribution in [3.63, 3.8) is 0 Å². The van der Waals surface area contributed by atoms with E-state index in [1.165, 1.54) is 37.8 Å². The molecule has 8 nitrogen and oxygen atoms in total. The number of aromatic amines is 1. The summed E-state index contributed by atoms with van der Waals surface area (Å²) in [4.78, 5) is 19.3. The Kier molecular flexibility index (Phi) is 5.65. The van der Waals surface area contributed by atoms with Gasteiger partial charge in [0.25, 0.3) is 0 Å². The van der Waals surface area contributed by atoms with Crippen molar-refractivity contribution >= 4 is 22.9 Å². The molecule has 2 aromatic heterocycles. The standard InChI is InChI=1S/C22H29N7O/c1-2-5-16(6-3-1)25-21-19-20(24-15-23-19)27-22(28-21)26-17-7-4-8-18(10-9-17)29-11-13-30-14-12-29/h4,7,9-10,15-16H,1-3,5-6,8,11-14H2,(H3,23,24,25,26,27,28). The zero-order valence-electron chi connectivity index (χ0n) is 17.2. The molecule has 8 heteroatoms. The molecule has 0 amide bonds. The fraction of sp³-hybridized carbons (Fsp3) is 0.500. The minimum Gasteiger partial charge on any atom is -0.378 e. The predicted octanol–water partition coefficient (Wildman–Crippen LogP) is 3.57. The number of aromatic nitrogens is 4. The summed E-state index contributed by atoms with van der Waals surface area (Å²) in [6.07, 6.45) is 17.4. The fourth-order valence-corrected chi connectivity index (χ4v) is 4.35. The van der Waals surface area contributed by atoms with Crippen molar-refractivity contribution in [1.29, 1.82) is 0 Å². The van der Waals surface area contributed by atoms with Crippen molar-refractivity contribution in [3.8, 4) is 0 Å². The van der Waals surface area contributed by atoms with Gasteiger partial charge in [-0.2, -0.15) is 9.97 Å². The highest BCUT2D eigenvalue weighted by atomic mass is 16.5. The summed E-state index contributed by atoms with van der Waals surface area (Å²) >= 11 is 0. The Hall–Kier alpha value is -2.87. The van der Waals surface area contributed by atoms with Crippen molar-refractivity contribution in [3.05, 3.63) is 42.0 Å². The number of H-pyrrole nitrogens is 1. The molecule has 0 radical (unpaired) electrons. The van der Waals surface area contributed by atoms with Gasteiger partial charge in [-0.05, 0) is 31.1 Å².